The number of rotatable bonds is 0. The molecule has 0 aromatic heterocycles. The Kier molecular flexibility index (Phi) is 5.31. The molecule has 3 aliphatic rings. The van der Waals surface area contributed by atoms with Crippen molar-refractivity contribution in [1.82, 2.24) is 0 Å². The summed E-state index contributed by atoms with van der Waals surface area (Å²) in [5.41, 5.74) is 10.1. The Balaban J connectivity index is 0.000001000. The van der Waals surface area contributed by atoms with Crippen LogP contribution in [0.5, 0.6) is 0 Å². The molecule has 0 amide bonds. The number of hydrogen-bond donors (Lipinski definition) is 0. The van der Waals surface area contributed by atoms with E-state index in [1.54, 1.807) is 41.2 Å². The molecule has 1 heterocycles. The fourth-order valence-electron chi connectivity index (χ4n) is 4.50. The molecule has 0 fully saturated rings. The Labute approximate surface area is 144 Å². The third kappa shape index (κ3) is 2.33. The van der Waals surface area contributed by atoms with Crippen LogP contribution in [0.2, 0.25) is 0 Å². The van der Waals surface area contributed by atoms with Crippen molar-refractivity contribution in [2.24, 2.45) is 5.41 Å². The summed E-state index contributed by atoms with van der Waals surface area (Å²) >= 11 is -0.0298. The van der Waals surface area contributed by atoms with Crippen LogP contribution in [0.25, 0.3) is 0 Å². The zero-order chi connectivity index (χ0) is 13.2. The number of fused-ring (bicyclic) bond motifs is 2. The second-order valence-electron chi connectivity index (χ2n) is 6.62. The van der Waals surface area contributed by atoms with Gasteiger partial charge < -0.3 is 24.8 Å². The Morgan fingerprint density at radius 3 is 1.45 bits per heavy atom. The number of allylic oxidation sites excluding steroid dienone is 8. The second kappa shape index (κ2) is 5.80. The van der Waals surface area contributed by atoms with Gasteiger partial charge in [0.25, 0.3) is 0 Å². The minimum atomic E-state index is -0.0298. The van der Waals surface area contributed by atoms with E-state index in [4.69, 9.17) is 0 Å². The molecule has 1 aliphatic heterocycles. The first-order chi connectivity index (χ1) is 8.34. The summed E-state index contributed by atoms with van der Waals surface area (Å²) in [5.74, 6) is 0. The number of hydrogen-bond acceptors (Lipinski definition) is 0. The van der Waals surface area contributed by atoms with E-state index in [0.29, 0.717) is 0 Å². The molecule has 20 heavy (non-hydrogen) atoms. The quantitative estimate of drug-likeness (QED) is 0.500. The molecule has 0 spiro atoms. The smallest absolute Gasteiger partial charge is 1.00 e. The molecule has 108 valence electrons. The molecule has 0 unspecified atom stereocenters. The molecule has 0 atom stereocenters. The summed E-state index contributed by atoms with van der Waals surface area (Å²) in [6.45, 7) is 14.3. The monoisotopic (exact) mass is 344 g/mol. The fraction of sp³-hybridized carbons (Fsp3) is 0.529. The van der Waals surface area contributed by atoms with Gasteiger partial charge in [-0.05, 0) is 0 Å². The molecule has 0 aromatic rings. The van der Waals surface area contributed by atoms with E-state index in [1.807, 2.05) is 0 Å². The minimum absolute atomic E-state index is 0. The van der Waals surface area contributed by atoms with Crippen LogP contribution in [0.1, 0.15) is 54.4 Å². The Hall–Kier alpha value is 0.254. The van der Waals surface area contributed by atoms with Gasteiger partial charge in [0.1, 0.15) is 0 Å². The fourth-order valence-corrected chi connectivity index (χ4v) is 7.15. The van der Waals surface area contributed by atoms with Crippen LogP contribution in [0.15, 0.2) is 41.2 Å². The molecule has 0 saturated heterocycles. The molecule has 3 rings (SSSR count). The van der Waals surface area contributed by atoms with Gasteiger partial charge in [-0.1, -0.05) is 0 Å². The van der Waals surface area contributed by atoms with Gasteiger partial charge in [-0.3, -0.25) is 0 Å². The summed E-state index contributed by atoms with van der Waals surface area (Å²) in [5, 5.41) is 0. The van der Waals surface area contributed by atoms with Gasteiger partial charge in [0.2, 0.25) is 0 Å². The van der Waals surface area contributed by atoms with E-state index in [0.717, 1.165) is 0 Å². The van der Waals surface area contributed by atoms with Crippen molar-refractivity contribution in [3.05, 3.63) is 41.2 Å². The van der Waals surface area contributed by atoms with Crippen molar-refractivity contribution >= 4 is 0 Å². The first-order valence-corrected chi connectivity index (χ1v) is 8.48. The third-order valence-electron chi connectivity index (χ3n) is 4.94. The van der Waals surface area contributed by atoms with Crippen LogP contribution >= 0.6 is 0 Å². The van der Waals surface area contributed by atoms with Gasteiger partial charge in [0, 0.05) is 0 Å². The maximum Gasteiger partial charge on any atom is -1.00 e. The first kappa shape index (κ1) is 18.3. The van der Waals surface area contributed by atoms with E-state index < -0.39 is 0 Å². The van der Waals surface area contributed by atoms with Crippen molar-refractivity contribution in [3.8, 4) is 0 Å². The number of halogens is 2. The maximum atomic E-state index is 2.44. The molecule has 0 nitrogen and oxygen atoms in total. The molecule has 4 bridgehead atoms. The average molecular weight is 345 g/mol. The van der Waals surface area contributed by atoms with E-state index >= 15 is 0 Å². The van der Waals surface area contributed by atoms with Gasteiger partial charge in [-0.15, -0.1) is 0 Å². The zero-order valence-corrected chi connectivity index (χ0v) is 16.2. The topological polar surface area (TPSA) is 0 Å². The average Bonchev–Trinajstić information content (AvgIpc) is 2.67. The van der Waals surface area contributed by atoms with Crippen LogP contribution in [0.3, 0.4) is 0 Å². The SMILES string of the molecule is CC1=C2C(C)=[C](C1)[Ti+2][C]1=C(C)C(=C(C)C1)C2(C)C.[Cl-].[Cl-]. The molecule has 3 heteroatoms. The van der Waals surface area contributed by atoms with Gasteiger partial charge in [-0.25, -0.2) is 0 Å². The van der Waals surface area contributed by atoms with Crippen LogP contribution < -0.4 is 24.8 Å². The summed E-state index contributed by atoms with van der Waals surface area (Å²) in [4.78, 5) is 0. The standard InChI is InChI=1S/C17H22.2ClH.Ti/c1-11-7-8-12(2)15(11)17(5,6)16-13(3)9-10-14(16)4;;;/h7,9H2,1-6H3;2*1H;/q;;;+2/p-2. The van der Waals surface area contributed by atoms with Gasteiger partial charge in [0.05, 0.1) is 0 Å². The maximum absolute atomic E-state index is 2.44. The van der Waals surface area contributed by atoms with E-state index in [9.17, 15) is 0 Å². The van der Waals surface area contributed by atoms with Crippen LogP contribution in [0, 0.1) is 5.41 Å². The van der Waals surface area contributed by atoms with E-state index in [2.05, 4.69) is 41.5 Å². The molecule has 0 saturated carbocycles. The van der Waals surface area contributed by atoms with E-state index in [-0.39, 0.29) is 49.4 Å². The predicted octanol–water partition coefficient (Wildman–Crippen LogP) is -0.895. The van der Waals surface area contributed by atoms with Crippen molar-refractivity contribution in [1.29, 1.82) is 0 Å². The molecule has 2 aliphatic carbocycles. The summed E-state index contributed by atoms with van der Waals surface area (Å²) in [7, 11) is 0. The van der Waals surface area contributed by atoms with Gasteiger partial charge in [0.15, 0.2) is 0 Å². The second-order valence-corrected chi connectivity index (χ2v) is 8.90. The first-order valence-electron chi connectivity index (χ1n) is 6.91. The molecular formula is C17H22Cl2Ti. The van der Waals surface area contributed by atoms with Gasteiger partial charge >= 0.3 is 120 Å². The Bertz CT molecular complexity index is 536. The predicted molar refractivity (Wildman–Crippen MR) is 73.8 cm³/mol. The molecule has 0 aromatic carbocycles. The zero-order valence-electron chi connectivity index (χ0n) is 13.2. The van der Waals surface area contributed by atoms with Crippen LogP contribution in [-0.4, -0.2) is 0 Å². The van der Waals surface area contributed by atoms with Crippen molar-refractivity contribution < 1.29 is 44.0 Å². The summed E-state index contributed by atoms with van der Waals surface area (Å²) < 4.78 is 3.61. The van der Waals surface area contributed by atoms with Crippen molar-refractivity contribution in [2.75, 3.05) is 0 Å². The molecule has 0 N–H and O–H groups in total. The van der Waals surface area contributed by atoms with Crippen LogP contribution in [-0.2, 0) is 19.2 Å². The summed E-state index contributed by atoms with van der Waals surface area (Å²) in [6, 6.07) is 0. The minimum Gasteiger partial charge on any atom is -1.00 e. The Morgan fingerprint density at radius 1 is 0.750 bits per heavy atom. The largest absolute Gasteiger partial charge is 1.00 e. The van der Waals surface area contributed by atoms with Crippen molar-refractivity contribution in [2.45, 2.75) is 54.4 Å². The molecular weight excluding hydrogens is 323 g/mol. The van der Waals surface area contributed by atoms with Crippen LogP contribution in [0.4, 0.5) is 0 Å². The summed E-state index contributed by atoms with van der Waals surface area (Å²) in [6.07, 6.45) is 2.54. The normalized spacial score (nSPS) is 22.9. The Morgan fingerprint density at radius 2 is 1.10 bits per heavy atom. The van der Waals surface area contributed by atoms with E-state index in [1.165, 1.54) is 12.8 Å². The van der Waals surface area contributed by atoms with Gasteiger partial charge in [-0.2, -0.15) is 0 Å². The van der Waals surface area contributed by atoms with Crippen molar-refractivity contribution in [3.63, 3.8) is 0 Å². The molecule has 0 radical (unpaired) electrons. The third-order valence-corrected chi connectivity index (χ3v) is 7.61.